The second kappa shape index (κ2) is 6.29. The lowest BCUT2D eigenvalue weighted by atomic mass is 9.95. The number of hydrogen-bond acceptors (Lipinski definition) is 4. The van der Waals surface area contributed by atoms with Gasteiger partial charge in [0, 0.05) is 25.8 Å². The van der Waals surface area contributed by atoms with Gasteiger partial charge in [0.15, 0.2) is 0 Å². The Hall–Kier alpha value is -2.15. The molecule has 2 saturated heterocycles. The molecule has 2 amide bonds. The molecule has 3 aliphatic rings. The predicted molar refractivity (Wildman–Crippen MR) is 90.5 cm³/mol. The number of likely N-dealkylation sites (N-methyl/N-ethyl adjacent to an activating group) is 1. The summed E-state index contributed by atoms with van der Waals surface area (Å²) >= 11 is 0. The van der Waals surface area contributed by atoms with E-state index in [4.69, 9.17) is 4.74 Å². The molecular weight excluding hydrogens is 322 g/mol. The number of hydrogen-bond donors (Lipinski definition) is 1. The summed E-state index contributed by atoms with van der Waals surface area (Å²) in [6, 6.07) is 1.62. The number of aryl methyl sites for hydroxylation is 2. The highest BCUT2D eigenvalue weighted by Crippen LogP contribution is 2.24. The molecule has 0 aromatic carbocycles. The van der Waals surface area contributed by atoms with Gasteiger partial charge in [-0.2, -0.15) is 0 Å². The van der Waals surface area contributed by atoms with Crippen molar-refractivity contribution >= 4 is 11.8 Å². The smallest absolute Gasteiger partial charge is 0.261 e. The van der Waals surface area contributed by atoms with Crippen molar-refractivity contribution in [3.8, 4) is 0 Å². The van der Waals surface area contributed by atoms with Crippen LogP contribution in [0.2, 0.25) is 0 Å². The van der Waals surface area contributed by atoms with E-state index in [1.807, 2.05) is 0 Å². The number of carbonyl (C=O) groups is 2. The van der Waals surface area contributed by atoms with Crippen LogP contribution in [-0.2, 0) is 22.4 Å². The molecule has 7 nitrogen and oxygen atoms in total. The summed E-state index contributed by atoms with van der Waals surface area (Å²) < 4.78 is 5.76. The monoisotopic (exact) mass is 345 g/mol. The maximum Gasteiger partial charge on any atom is 0.261 e. The first kappa shape index (κ1) is 16.3. The molecule has 1 aromatic rings. The minimum Gasteiger partial charge on any atom is -0.374 e. The van der Waals surface area contributed by atoms with Gasteiger partial charge < -0.3 is 19.5 Å². The molecule has 2 aliphatic heterocycles. The number of ether oxygens (including phenoxy) is 1. The summed E-state index contributed by atoms with van der Waals surface area (Å²) in [5, 5.41) is 0. The van der Waals surface area contributed by atoms with E-state index in [0.29, 0.717) is 26.1 Å². The van der Waals surface area contributed by atoms with Gasteiger partial charge in [0.1, 0.15) is 5.56 Å². The average Bonchev–Trinajstić information content (AvgIpc) is 2.98. The topological polar surface area (TPSA) is 82.7 Å². The normalized spacial score (nSPS) is 26.2. The van der Waals surface area contributed by atoms with Crippen molar-refractivity contribution in [3.05, 3.63) is 33.2 Å². The van der Waals surface area contributed by atoms with E-state index in [1.54, 1.807) is 22.9 Å². The average molecular weight is 345 g/mol. The van der Waals surface area contributed by atoms with Crippen LogP contribution in [0.1, 0.15) is 40.9 Å². The van der Waals surface area contributed by atoms with Crippen molar-refractivity contribution in [1.82, 2.24) is 14.8 Å². The Bertz CT molecular complexity index is 772. The molecular formula is C18H23N3O4. The number of carbonyl (C=O) groups excluding carboxylic acids is 2. The molecule has 2 atom stereocenters. The molecule has 0 saturated carbocycles. The van der Waals surface area contributed by atoms with Crippen LogP contribution in [0.25, 0.3) is 0 Å². The van der Waals surface area contributed by atoms with E-state index in [9.17, 15) is 14.4 Å². The Morgan fingerprint density at radius 2 is 2.00 bits per heavy atom. The van der Waals surface area contributed by atoms with E-state index in [0.717, 1.165) is 36.9 Å². The van der Waals surface area contributed by atoms with Crippen LogP contribution in [0.15, 0.2) is 10.9 Å². The van der Waals surface area contributed by atoms with Crippen LogP contribution < -0.4 is 5.56 Å². The van der Waals surface area contributed by atoms with Gasteiger partial charge in [-0.25, -0.2) is 0 Å². The largest absolute Gasteiger partial charge is 0.374 e. The number of pyridine rings is 1. The third-order valence-corrected chi connectivity index (χ3v) is 5.63. The highest BCUT2D eigenvalue weighted by Gasteiger charge is 2.42. The standard InChI is InChI=1S/C18H23N3O4/c1-20-14-9-21(10-15(14)25-7-6-16(20)22)18(24)12-8-11-4-2-3-5-13(11)19-17(12)23/h8,14-15H,2-7,9-10H2,1H3,(H,19,23)/t14-,15-/m0/s1. The highest BCUT2D eigenvalue weighted by molar-refractivity contribution is 5.94. The number of H-pyrrole nitrogens is 1. The highest BCUT2D eigenvalue weighted by atomic mass is 16.5. The number of amides is 2. The second-order valence-electron chi connectivity index (χ2n) is 7.16. The predicted octanol–water partition coefficient (Wildman–Crippen LogP) is 0.325. The van der Waals surface area contributed by atoms with E-state index < -0.39 is 0 Å². The summed E-state index contributed by atoms with van der Waals surface area (Å²) in [6.07, 6.45) is 4.12. The third-order valence-electron chi connectivity index (χ3n) is 5.63. The molecule has 0 bridgehead atoms. The van der Waals surface area contributed by atoms with Crippen molar-refractivity contribution in [2.75, 3.05) is 26.7 Å². The summed E-state index contributed by atoms with van der Waals surface area (Å²) in [6.45, 7) is 1.20. The van der Waals surface area contributed by atoms with Crippen LogP contribution in [-0.4, -0.2) is 65.5 Å². The lowest BCUT2D eigenvalue weighted by molar-refractivity contribution is -0.131. The lowest BCUT2D eigenvalue weighted by Crippen LogP contribution is -2.43. The molecule has 134 valence electrons. The number of fused-ring (bicyclic) bond motifs is 2. The van der Waals surface area contributed by atoms with E-state index in [1.165, 1.54) is 0 Å². The first-order valence-electron chi connectivity index (χ1n) is 8.96. The van der Waals surface area contributed by atoms with Gasteiger partial charge in [-0.15, -0.1) is 0 Å². The summed E-state index contributed by atoms with van der Waals surface area (Å²) in [5.74, 6) is -0.236. The van der Waals surface area contributed by atoms with Crippen molar-refractivity contribution < 1.29 is 14.3 Å². The first-order valence-corrected chi connectivity index (χ1v) is 8.96. The molecule has 1 aliphatic carbocycles. The number of aromatic amines is 1. The number of nitrogens with one attached hydrogen (secondary N) is 1. The Kier molecular flexibility index (Phi) is 4.11. The minimum atomic E-state index is -0.317. The minimum absolute atomic E-state index is 0.0356. The van der Waals surface area contributed by atoms with Crippen LogP contribution >= 0.6 is 0 Å². The summed E-state index contributed by atoms with van der Waals surface area (Å²) in [4.78, 5) is 43.5. The molecule has 0 radical (unpaired) electrons. The van der Waals surface area contributed by atoms with Crippen LogP contribution in [0.4, 0.5) is 0 Å². The van der Waals surface area contributed by atoms with Gasteiger partial charge in [0.25, 0.3) is 11.5 Å². The van der Waals surface area contributed by atoms with Crippen molar-refractivity contribution in [2.45, 2.75) is 44.2 Å². The molecule has 4 rings (SSSR count). The van der Waals surface area contributed by atoms with Gasteiger partial charge in [-0.05, 0) is 37.3 Å². The molecule has 0 unspecified atom stereocenters. The van der Waals surface area contributed by atoms with Gasteiger partial charge in [0.2, 0.25) is 5.91 Å². The maximum atomic E-state index is 12.9. The van der Waals surface area contributed by atoms with Crippen molar-refractivity contribution in [2.24, 2.45) is 0 Å². The summed E-state index contributed by atoms with van der Waals surface area (Å²) in [7, 11) is 1.76. The molecule has 3 heterocycles. The molecule has 7 heteroatoms. The fraction of sp³-hybridized carbons (Fsp3) is 0.611. The molecule has 2 fully saturated rings. The molecule has 1 aromatic heterocycles. The zero-order chi connectivity index (χ0) is 17.6. The fourth-order valence-corrected chi connectivity index (χ4v) is 4.12. The quantitative estimate of drug-likeness (QED) is 0.795. The van der Waals surface area contributed by atoms with Crippen LogP contribution in [0.5, 0.6) is 0 Å². The van der Waals surface area contributed by atoms with E-state index in [2.05, 4.69) is 4.98 Å². The Labute approximate surface area is 145 Å². The number of nitrogens with zero attached hydrogens (tertiary/aromatic N) is 2. The van der Waals surface area contributed by atoms with Gasteiger partial charge in [-0.1, -0.05) is 0 Å². The maximum absolute atomic E-state index is 12.9. The van der Waals surface area contributed by atoms with Crippen LogP contribution in [0, 0.1) is 0 Å². The van der Waals surface area contributed by atoms with Gasteiger partial charge in [-0.3, -0.25) is 14.4 Å². The Balaban J connectivity index is 1.58. The molecule has 1 N–H and O–H groups in total. The van der Waals surface area contributed by atoms with Crippen LogP contribution in [0.3, 0.4) is 0 Å². The zero-order valence-electron chi connectivity index (χ0n) is 14.4. The zero-order valence-corrected chi connectivity index (χ0v) is 14.4. The van der Waals surface area contributed by atoms with Crippen molar-refractivity contribution in [1.29, 1.82) is 0 Å². The van der Waals surface area contributed by atoms with E-state index in [-0.39, 0.29) is 35.1 Å². The number of likely N-dealkylation sites (tertiary alicyclic amines) is 1. The van der Waals surface area contributed by atoms with Crippen molar-refractivity contribution in [3.63, 3.8) is 0 Å². The third kappa shape index (κ3) is 2.86. The number of rotatable bonds is 1. The Morgan fingerprint density at radius 1 is 1.20 bits per heavy atom. The molecule has 0 spiro atoms. The number of aromatic nitrogens is 1. The van der Waals surface area contributed by atoms with Gasteiger partial charge >= 0.3 is 0 Å². The SMILES string of the molecule is CN1C(=O)CCO[C@H]2CN(C(=O)c3cc4c([nH]c3=O)CCCC4)C[C@@H]21. The first-order chi connectivity index (χ1) is 12.0. The fourth-order valence-electron chi connectivity index (χ4n) is 4.12. The van der Waals surface area contributed by atoms with E-state index >= 15 is 0 Å². The van der Waals surface area contributed by atoms with Gasteiger partial charge in [0.05, 0.1) is 25.2 Å². The Morgan fingerprint density at radius 3 is 2.84 bits per heavy atom. The lowest BCUT2D eigenvalue weighted by Gasteiger charge is -2.25. The molecule has 25 heavy (non-hydrogen) atoms. The summed E-state index contributed by atoms with van der Waals surface area (Å²) in [5.41, 5.74) is 1.92. The second-order valence-corrected chi connectivity index (χ2v) is 7.16.